The van der Waals surface area contributed by atoms with E-state index in [1.807, 2.05) is 30.3 Å². The van der Waals surface area contributed by atoms with Gasteiger partial charge in [-0.3, -0.25) is 14.6 Å². The molecule has 1 aromatic heterocycles. The maximum absolute atomic E-state index is 12.1. The second-order valence-electron chi connectivity index (χ2n) is 4.36. The average Bonchev–Trinajstić information content (AvgIpc) is 2.74. The average molecular weight is 359 g/mol. The highest BCUT2D eigenvalue weighted by molar-refractivity contribution is 9.10. The number of hydrogen-bond acceptors (Lipinski definition) is 3. The molecular formula is C13H15BrN2O3S. The van der Waals surface area contributed by atoms with E-state index < -0.39 is 9.84 Å². The zero-order valence-electron chi connectivity index (χ0n) is 11.0. The molecule has 108 valence electrons. The lowest BCUT2D eigenvalue weighted by Crippen LogP contribution is -2.23. The van der Waals surface area contributed by atoms with E-state index in [1.54, 1.807) is 6.92 Å². The summed E-state index contributed by atoms with van der Waals surface area (Å²) in [6.45, 7) is 1.72. The van der Waals surface area contributed by atoms with Crippen molar-refractivity contribution in [3.63, 3.8) is 0 Å². The minimum absolute atomic E-state index is 0.0510. The maximum Gasteiger partial charge on any atom is 0.281 e. The predicted octanol–water partition coefficient (Wildman–Crippen LogP) is 2.04. The molecule has 2 aromatic rings. The van der Waals surface area contributed by atoms with Crippen LogP contribution in [0.1, 0.15) is 6.92 Å². The van der Waals surface area contributed by atoms with Crippen molar-refractivity contribution in [3.8, 4) is 11.3 Å². The fourth-order valence-corrected chi connectivity index (χ4v) is 3.07. The first kappa shape index (κ1) is 15.1. The summed E-state index contributed by atoms with van der Waals surface area (Å²) in [7, 11) is -3.10. The van der Waals surface area contributed by atoms with Gasteiger partial charge in [0.1, 0.15) is 4.47 Å². The lowest BCUT2D eigenvalue weighted by Gasteiger charge is -2.02. The summed E-state index contributed by atoms with van der Waals surface area (Å²) < 4.78 is 24.7. The third-order valence-corrected chi connectivity index (χ3v) is 5.45. The summed E-state index contributed by atoms with van der Waals surface area (Å²) >= 11 is 3.26. The molecule has 0 aliphatic heterocycles. The van der Waals surface area contributed by atoms with Crippen LogP contribution < -0.4 is 5.56 Å². The molecule has 0 fully saturated rings. The summed E-state index contributed by atoms with van der Waals surface area (Å²) in [5.41, 5.74) is 1.27. The quantitative estimate of drug-likeness (QED) is 0.888. The van der Waals surface area contributed by atoms with Crippen LogP contribution in [0.2, 0.25) is 0 Å². The van der Waals surface area contributed by atoms with Crippen LogP contribution in [-0.4, -0.2) is 29.7 Å². The molecule has 5 nitrogen and oxygen atoms in total. The van der Waals surface area contributed by atoms with Gasteiger partial charge in [0, 0.05) is 11.3 Å². The molecule has 1 N–H and O–H groups in total. The van der Waals surface area contributed by atoms with E-state index >= 15 is 0 Å². The van der Waals surface area contributed by atoms with E-state index in [4.69, 9.17) is 0 Å². The highest BCUT2D eigenvalue weighted by atomic mass is 79.9. The number of nitrogens with zero attached hydrogens (tertiary/aromatic N) is 1. The zero-order chi connectivity index (χ0) is 14.8. The number of sulfone groups is 1. The number of hydrogen-bond donors (Lipinski definition) is 1. The number of halogens is 1. The summed E-state index contributed by atoms with van der Waals surface area (Å²) in [5, 5.41) is 2.96. The maximum atomic E-state index is 12.1. The van der Waals surface area contributed by atoms with Gasteiger partial charge in [-0.15, -0.1) is 0 Å². The van der Waals surface area contributed by atoms with Gasteiger partial charge in [0.25, 0.3) is 5.56 Å². The Morgan fingerprint density at radius 3 is 2.50 bits per heavy atom. The molecule has 0 aliphatic rings. The minimum atomic E-state index is -3.10. The highest BCUT2D eigenvalue weighted by Gasteiger charge is 2.15. The molecule has 0 saturated carbocycles. The van der Waals surface area contributed by atoms with Gasteiger partial charge in [-0.2, -0.15) is 0 Å². The number of aromatic nitrogens is 2. The molecule has 0 amide bonds. The Labute approximate surface area is 125 Å². The van der Waals surface area contributed by atoms with Crippen molar-refractivity contribution in [3.05, 3.63) is 45.2 Å². The molecule has 20 heavy (non-hydrogen) atoms. The number of H-pyrrole nitrogens is 1. The number of aromatic amines is 1. The van der Waals surface area contributed by atoms with E-state index in [-0.39, 0.29) is 23.6 Å². The Hall–Kier alpha value is -1.34. The first-order chi connectivity index (χ1) is 9.44. The summed E-state index contributed by atoms with van der Waals surface area (Å²) in [6.07, 6.45) is 0. The molecule has 0 radical (unpaired) electrons. The van der Waals surface area contributed by atoms with E-state index in [2.05, 4.69) is 21.0 Å². The monoisotopic (exact) mass is 358 g/mol. The van der Waals surface area contributed by atoms with Crippen LogP contribution in [0.25, 0.3) is 11.3 Å². The van der Waals surface area contributed by atoms with Crippen molar-refractivity contribution in [2.24, 2.45) is 0 Å². The molecule has 0 bridgehead atoms. The zero-order valence-corrected chi connectivity index (χ0v) is 13.4. The van der Waals surface area contributed by atoms with E-state index in [9.17, 15) is 13.2 Å². The summed E-state index contributed by atoms with van der Waals surface area (Å²) in [5.74, 6) is 0.0275. The topological polar surface area (TPSA) is 71.9 Å². The van der Waals surface area contributed by atoms with E-state index in [1.165, 1.54) is 4.68 Å². The number of benzene rings is 1. The molecule has 0 atom stereocenters. The highest BCUT2D eigenvalue weighted by Crippen LogP contribution is 2.23. The summed E-state index contributed by atoms with van der Waals surface area (Å²) in [6, 6.07) is 9.39. The molecule has 1 heterocycles. The Balaban J connectivity index is 2.32. The molecule has 2 rings (SSSR count). The van der Waals surface area contributed by atoms with Gasteiger partial charge in [-0.25, -0.2) is 8.42 Å². The lowest BCUT2D eigenvalue weighted by molar-refractivity contribution is 0.578. The van der Waals surface area contributed by atoms with Crippen LogP contribution in [0, 0.1) is 0 Å². The van der Waals surface area contributed by atoms with Crippen molar-refractivity contribution in [2.75, 3.05) is 11.5 Å². The molecule has 0 spiro atoms. The van der Waals surface area contributed by atoms with Gasteiger partial charge in [-0.1, -0.05) is 37.3 Å². The van der Waals surface area contributed by atoms with Crippen LogP contribution in [0.3, 0.4) is 0 Å². The van der Waals surface area contributed by atoms with Crippen LogP contribution in [0.5, 0.6) is 0 Å². The third-order valence-electron chi connectivity index (χ3n) is 3.03. The summed E-state index contributed by atoms with van der Waals surface area (Å²) in [4.78, 5) is 12.1. The first-order valence-corrected chi connectivity index (χ1v) is 8.80. The van der Waals surface area contributed by atoms with Crippen LogP contribution >= 0.6 is 15.9 Å². The molecular weight excluding hydrogens is 344 g/mol. The molecule has 0 aliphatic carbocycles. The molecule has 1 aromatic carbocycles. The van der Waals surface area contributed by atoms with Gasteiger partial charge in [0.2, 0.25) is 0 Å². The number of aryl methyl sites for hydroxylation is 1. The Kier molecular flexibility index (Phi) is 4.49. The van der Waals surface area contributed by atoms with Crippen molar-refractivity contribution in [2.45, 2.75) is 13.5 Å². The molecule has 0 saturated heterocycles. The number of nitrogens with one attached hydrogen (secondary N) is 1. The van der Waals surface area contributed by atoms with Gasteiger partial charge in [0.05, 0.1) is 18.0 Å². The van der Waals surface area contributed by atoms with E-state index in [0.29, 0.717) is 10.2 Å². The Bertz CT molecular complexity index is 748. The van der Waals surface area contributed by atoms with Gasteiger partial charge in [0.15, 0.2) is 9.84 Å². The predicted molar refractivity (Wildman–Crippen MR) is 82.5 cm³/mol. The molecule has 7 heteroatoms. The fourth-order valence-electron chi connectivity index (χ4n) is 1.79. The smallest absolute Gasteiger partial charge is 0.281 e. The van der Waals surface area contributed by atoms with Gasteiger partial charge in [-0.05, 0) is 15.9 Å². The standard InChI is InChI=1S/C13H15BrN2O3S/c1-2-20(18,19)9-8-16-13(17)11(14)12(15-16)10-6-4-3-5-7-10/h3-7,15H,2,8-9H2,1H3. The normalized spacial score (nSPS) is 11.7. The Morgan fingerprint density at radius 1 is 1.25 bits per heavy atom. The van der Waals surface area contributed by atoms with Gasteiger partial charge >= 0.3 is 0 Å². The second-order valence-corrected chi connectivity index (χ2v) is 7.63. The van der Waals surface area contributed by atoms with Gasteiger partial charge < -0.3 is 0 Å². The fraction of sp³-hybridized carbons (Fsp3) is 0.308. The second kappa shape index (κ2) is 5.97. The Morgan fingerprint density at radius 2 is 1.90 bits per heavy atom. The van der Waals surface area contributed by atoms with Crippen molar-refractivity contribution in [1.29, 1.82) is 0 Å². The van der Waals surface area contributed by atoms with Crippen molar-refractivity contribution in [1.82, 2.24) is 9.78 Å². The largest absolute Gasteiger partial charge is 0.294 e. The third kappa shape index (κ3) is 3.21. The van der Waals surface area contributed by atoms with Crippen LogP contribution in [-0.2, 0) is 16.4 Å². The first-order valence-electron chi connectivity index (χ1n) is 6.19. The van der Waals surface area contributed by atoms with Crippen molar-refractivity contribution >= 4 is 25.8 Å². The lowest BCUT2D eigenvalue weighted by atomic mass is 10.2. The minimum Gasteiger partial charge on any atom is -0.294 e. The SMILES string of the molecule is CCS(=O)(=O)CCn1[nH]c(-c2ccccc2)c(Br)c1=O. The van der Waals surface area contributed by atoms with Crippen LogP contribution in [0.4, 0.5) is 0 Å². The van der Waals surface area contributed by atoms with E-state index in [0.717, 1.165) is 5.56 Å². The molecule has 0 unspecified atom stereocenters. The van der Waals surface area contributed by atoms with Crippen LogP contribution in [0.15, 0.2) is 39.6 Å². The van der Waals surface area contributed by atoms with Crippen molar-refractivity contribution < 1.29 is 8.42 Å². The number of rotatable bonds is 5.